The highest BCUT2D eigenvalue weighted by Crippen LogP contribution is 2.29. The topological polar surface area (TPSA) is 74.3 Å². The van der Waals surface area contributed by atoms with E-state index in [4.69, 9.17) is 9.47 Å². The number of carbonyl (C=O) groups is 1. The second-order valence-corrected chi connectivity index (χ2v) is 9.66. The number of nitrogens with one attached hydrogen (secondary N) is 1. The molecule has 0 radical (unpaired) electrons. The van der Waals surface area contributed by atoms with E-state index in [-0.39, 0.29) is 30.8 Å². The lowest BCUT2D eigenvalue weighted by Crippen LogP contribution is -2.32. The smallest absolute Gasteiger partial charge is 0.254 e. The zero-order valence-corrected chi connectivity index (χ0v) is 20.3. The fourth-order valence-corrected chi connectivity index (χ4v) is 5.31. The number of aliphatic hydroxyl groups is 1. The monoisotopic (exact) mass is 471 g/mol. The van der Waals surface area contributed by atoms with Crippen molar-refractivity contribution >= 4 is 23.7 Å². The fourth-order valence-electron chi connectivity index (χ4n) is 4.42. The third kappa shape index (κ3) is 5.63. The largest absolute Gasteiger partial charge is 0.486 e. The first kappa shape index (κ1) is 23.9. The molecule has 2 aliphatic rings. The van der Waals surface area contributed by atoms with Gasteiger partial charge in [-0.15, -0.1) is 0 Å². The van der Waals surface area contributed by atoms with Gasteiger partial charge in [0.2, 0.25) is 0 Å². The standard InChI is InChI=1S/C25H33N3O4S/c1-17-9-10-18(2)22(12-17)25(30)27-14-23(31-3)24(15-27)32-21-8-4-6-19(13-21)26-33-28-11-5-7-20(28)16-29/h4,6,8-10,12-13,20,23-24,26,29H,5,7,11,14-16H2,1-3H3. The van der Waals surface area contributed by atoms with Crippen LogP contribution in [0.15, 0.2) is 42.5 Å². The van der Waals surface area contributed by atoms with Crippen molar-refractivity contribution in [1.29, 1.82) is 0 Å². The molecule has 0 aliphatic carbocycles. The molecular formula is C25H33N3O4S. The number of rotatable bonds is 8. The summed E-state index contributed by atoms with van der Waals surface area (Å²) >= 11 is 1.52. The molecule has 8 heteroatoms. The van der Waals surface area contributed by atoms with E-state index in [9.17, 15) is 9.90 Å². The van der Waals surface area contributed by atoms with Gasteiger partial charge in [-0.25, -0.2) is 4.31 Å². The summed E-state index contributed by atoms with van der Waals surface area (Å²) < 4.78 is 17.5. The normalized spacial score (nSPS) is 23.2. The molecule has 0 saturated carbocycles. The number of amides is 1. The number of methoxy groups -OCH3 is 1. The van der Waals surface area contributed by atoms with Gasteiger partial charge in [0.25, 0.3) is 5.91 Å². The molecule has 4 rings (SSSR count). The number of aliphatic hydroxyl groups excluding tert-OH is 1. The van der Waals surface area contributed by atoms with Crippen molar-refractivity contribution in [2.75, 3.05) is 38.1 Å². The van der Waals surface area contributed by atoms with Gasteiger partial charge >= 0.3 is 0 Å². The van der Waals surface area contributed by atoms with Gasteiger partial charge < -0.3 is 24.2 Å². The van der Waals surface area contributed by atoms with Crippen molar-refractivity contribution in [1.82, 2.24) is 9.21 Å². The summed E-state index contributed by atoms with van der Waals surface area (Å²) in [7, 11) is 1.66. The number of nitrogens with zero attached hydrogens (tertiary/aromatic N) is 2. The number of likely N-dealkylation sites (tertiary alicyclic amines) is 1. The van der Waals surface area contributed by atoms with E-state index in [1.54, 1.807) is 7.11 Å². The summed E-state index contributed by atoms with van der Waals surface area (Å²) in [5.41, 5.74) is 3.70. The van der Waals surface area contributed by atoms with Gasteiger partial charge in [0, 0.05) is 49.1 Å². The summed E-state index contributed by atoms with van der Waals surface area (Å²) in [6.07, 6.45) is 1.68. The first-order chi connectivity index (χ1) is 16.0. The summed E-state index contributed by atoms with van der Waals surface area (Å²) in [5, 5.41) is 9.50. The molecule has 7 nitrogen and oxygen atoms in total. The van der Waals surface area contributed by atoms with Gasteiger partial charge in [-0.05, 0) is 50.5 Å². The maximum atomic E-state index is 13.2. The van der Waals surface area contributed by atoms with E-state index in [0.29, 0.717) is 13.1 Å². The molecule has 0 spiro atoms. The molecule has 3 unspecified atom stereocenters. The van der Waals surface area contributed by atoms with Crippen LogP contribution in [0.1, 0.15) is 34.3 Å². The molecule has 3 atom stereocenters. The zero-order valence-electron chi connectivity index (χ0n) is 19.5. The first-order valence-corrected chi connectivity index (χ1v) is 12.2. The van der Waals surface area contributed by atoms with Crippen molar-refractivity contribution < 1.29 is 19.4 Å². The molecule has 2 heterocycles. The highest BCUT2D eigenvalue weighted by molar-refractivity contribution is 7.98. The molecule has 2 aromatic carbocycles. The molecule has 178 valence electrons. The summed E-state index contributed by atoms with van der Waals surface area (Å²) in [4.78, 5) is 15.0. The molecule has 2 saturated heterocycles. The van der Waals surface area contributed by atoms with Gasteiger partial charge in [0.1, 0.15) is 18.0 Å². The van der Waals surface area contributed by atoms with Gasteiger partial charge in [-0.2, -0.15) is 0 Å². The lowest BCUT2D eigenvalue weighted by molar-refractivity contribution is 0.0340. The predicted molar refractivity (Wildman–Crippen MR) is 132 cm³/mol. The maximum Gasteiger partial charge on any atom is 0.254 e. The predicted octanol–water partition coefficient (Wildman–Crippen LogP) is 3.65. The van der Waals surface area contributed by atoms with Gasteiger partial charge in [0.05, 0.1) is 19.7 Å². The zero-order chi connectivity index (χ0) is 23.4. The van der Waals surface area contributed by atoms with Crippen LogP contribution in [0.5, 0.6) is 5.75 Å². The summed E-state index contributed by atoms with van der Waals surface area (Å²) in [6.45, 7) is 6.07. The van der Waals surface area contributed by atoms with Crippen molar-refractivity contribution in [3.05, 3.63) is 59.2 Å². The van der Waals surface area contributed by atoms with Crippen molar-refractivity contribution in [2.24, 2.45) is 0 Å². The quantitative estimate of drug-likeness (QED) is 0.569. The van der Waals surface area contributed by atoms with E-state index in [0.717, 1.165) is 47.5 Å². The van der Waals surface area contributed by atoms with Crippen molar-refractivity contribution in [3.63, 3.8) is 0 Å². The number of hydrogen-bond donors (Lipinski definition) is 2. The second-order valence-electron chi connectivity index (χ2n) is 8.80. The van der Waals surface area contributed by atoms with Crippen molar-refractivity contribution in [3.8, 4) is 5.75 Å². The number of ether oxygens (including phenoxy) is 2. The molecule has 33 heavy (non-hydrogen) atoms. The Balaban J connectivity index is 1.39. The number of hydrogen-bond acceptors (Lipinski definition) is 7. The Bertz CT molecular complexity index is 972. The van der Waals surface area contributed by atoms with Crippen LogP contribution in [-0.2, 0) is 4.74 Å². The molecule has 2 fully saturated rings. The average molecular weight is 472 g/mol. The minimum absolute atomic E-state index is 0.0141. The van der Waals surface area contributed by atoms with Crippen LogP contribution >= 0.6 is 12.1 Å². The molecule has 2 N–H and O–H groups in total. The first-order valence-electron chi connectivity index (χ1n) is 11.4. The highest BCUT2D eigenvalue weighted by Gasteiger charge is 2.37. The minimum atomic E-state index is -0.246. The third-order valence-corrected chi connectivity index (χ3v) is 7.41. The van der Waals surface area contributed by atoms with Gasteiger partial charge in [0.15, 0.2) is 0 Å². The van der Waals surface area contributed by atoms with Crippen LogP contribution in [0.2, 0.25) is 0 Å². The Morgan fingerprint density at radius 2 is 2.00 bits per heavy atom. The lowest BCUT2D eigenvalue weighted by Gasteiger charge is -2.22. The average Bonchev–Trinajstić information content (AvgIpc) is 3.45. The van der Waals surface area contributed by atoms with Crippen LogP contribution in [-0.4, -0.2) is 71.8 Å². The van der Waals surface area contributed by atoms with Crippen LogP contribution < -0.4 is 9.46 Å². The minimum Gasteiger partial charge on any atom is -0.486 e. The number of carbonyl (C=O) groups excluding carboxylic acids is 1. The van der Waals surface area contributed by atoms with E-state index >= 15 is 0 Å². The van der Waals surface area contributed by atoms with E-state index in [2.05, 4.69) is 9.03 Å². The summed E-state index contributed by atoms with van der Waals surface area (Å²) in [5.74, 6) is 0.744. The Morgan fingerprint density at radius 1 is 1.18 bits per heavy atom. The fraction of sp³-hybridized carbons (Fsp3) is 0.480. The van der Waals surface area contributed by atoms with Crippen LogP contribution in [0.25, 0.3) is 0 Å². The second kappa shape index (κ2) is 10.8. The van der Waals surface area contributed by atoms with E-state index in [1.807, 2.05) is 61.2 Å². The Hall–Kier alpha value is -2.26. The summed E-state index contributed by atoms with van der Waals surface area (Å²) in [6, 6.07) is 14.0. The van der Waals surface area contributed by atoms with Gasteiger partial charge in [-0.1, -0.05) is 23.8 Å². The van der Waals surface area contributed by atoms with Crippen molar-refractivity contribution in [2.45, 2.75) is 44.9 Å². The van der Waals surface area contributed by atoms with E-state index < -0.39 is 0 Å². The van der Waals surface area contributed by atoms with Crippen LogP contribution in [0.4, 0.5) is 5.69 Å². The number of aryl methyl sites for hydroxylation is 2. The molecule has 2 aliphatic heterocycles. The SMILES string of the molecule is COC1CN(C(=O)c2cc(C)ccc2C)CC1Oc1cccc(NSN2CCCC2CO)c1. The Kier molecular flexibility index (Phi) is 7.80. The molecule has 0 aromatic heterocycles. The maximum absolute atomic E-state index is 13.2. The third-order valence-electron chi connectivity index (χ3n) is 6.36. The van der Waals surface area contributed by atoms with Crippen LogP contribution in [0.3, 0.4) is 0 Å². The lowest BCUT2D eigenvalue weighted by atomic mass is 10.0. The Morgan fingerprint density at radius 3 is 2.79 bits per heavy atom. The van der Waals surface area contributed by atoms with E-state index in [1.165, 1.54) is 12.1 Å². The molecule has 1 amide bonds. The van der Waals surface area contributed by atoms with Gasteiger partial charge in [-0.3, -0.25) is 4.79 Å². The highest BCUT2D eigenvalue weighted by atomic mass is 32.2. The number of benzene rings is 2. The number of anilines is 1. The molecular weight excluding hydrogens is 438 g/mol. The molecule has 2 aromatic rings. The van der Waals surface area contributed by atoms with Crippen LogP contribution in [0, 0.1) is 13.8 Å². The molecule has 0 bridgehead atoms. The Labute approximate surface area is 200 Å².